The van der Waals surface area contributed by atoms with Gasteiger partial charge in [-0.15, -0.1) is 0 Å². The highest BCUT2D eigenvalue weighted by Crippen LogP contribution is 2.49. The highest BCUT2D eigenvalue weighted by atomic mass is 32.2. The third kappa shape index (κ3) is 5.33. The average Bonchev–Trinajstić information content (AvgIpc) is 3.76. The molecule has 2 N–H and O–H groups in total. The van der Waals surface area contributed by atoms with Gasteiger partial charge in [-0.05, 0) is 67.9 Å². The molecule has 1 saturated carbocycles. The van der Waals surface area contributed by atoms with E-state index in [1.807, 2.05) is 49.3 Å². The van der Waals surface area contributed by atoms with E-state index in [0.717, 1.165) is 60.7 Å². The first-order valence-corrected chi connectivity index (χ1v) is 15.9. The summed E-state index contributed by atoms with van der Waals surface area (Å²) in [6, 6.07) is 18.1. The molecule has 6 rings (SSSR count). The van der Waals surface area contributed by atoms with Gasteiger partial charge < -0.3 is 14.4 Å². The van der Waals surface area contributed by atoms with Crippen molar-refractivity contribution in [1.29, 1.82) is 0 Å². The molecular weight excluding hydrogens is 536 g/mol. The maximum Gasteiger partial charge on any atom is 0.343 e. The summed E-state index contributed by atoms with van der Waals surface area (Å²) < 4.78 is 36.0. The number of hydrogen-bond acceptors (Lipinski definition) is 6. The van der Waals surface area contributed by atoms with Crippen LogP contribution >= 0.6 is 0 Å². The fourth-order valence-corrected chi connectivity index (χ4v) is 7.57. The van der Waals surface area contributed by atoms with Gasteiger partial charge in [0.15, 0.2) is 0 Å². The maximum atomic E-state index is 13.7. The Bertz CT molecular complexity index is 1770. The van der Waals surface area contributed by atoms with Crippen LogP contribution in [0.5, 0.6) is 5.75 Å². The standard InChI is InChI=1S/C33H36N2O5S/c1-35(2)27-15-8-14-25-24(27)13-9-17-29(25)41(38,39)34-23-11-7-10-22(20-23)30(21-18-19-21)31-32(36)26-12-5-3-4-6-16-28(26)40-33(31)37/h7-11,13-15,17,20-21,30,34,36H,3-6,12,16,18-19H2,1-2H3. The fraction of sp³-hybridized carbons (Fsp3) is 0.364. The van der Waals surface area contributed by atoms with Crippen LogP contribution in [0.15, 0.2) is 74.8 Å². The van der Waals surface area contributed by atoms with Gasteiger partial charge in [-0.2, -0.15) is 0 Å². The summed E-state index contributed by atoms with van der Waals surface area (Å²) in [4.78, 5) is 15.5. The van der Waals surface area contributed by atoms with Crippen LogP contribution in [0.4, 0.5) is 11.4 Å². The molecule has 1 aromatic heterocycles. The minimum atomic E-state index is -3.93. The zero-order valence-corrected chi connectivity index (χ0v) is 24.3. The van der Waals surface area contributed by atoms with Crippen LogP contribution in [-0.4, -0.2) is 27.6 Å². The lowest BCUT2D eigenvalue weighted by molar-refractivity contribution is 0.382. The maximum absolute atomic E-state index is 13.7. The topological polar surface area (TPSA) is 99.8 Å². The summed E-state index contributed by atoms with van der Waals surface area (Å²) in [5.41, 5.74) is 2.70. The molecule has 2 aliphatic rings. The second kappa shape index (κ2) is 10.9. The van der Waals surface area contributed by atoms with E-state index in [4.69, 9.17) is 4.42 Å². The van der Waals surface area contributed by atoms with Crippen molar-refractivity contribution in [3.8, 4) is 5.75 Å². The normalized spacial score (nSPS) is 16.4. The molecule has 1 fully saturated rings. The van der Waals surface area contributed by atoms with Crippen LogP contribution in [0.1, 0.15) is 66.9 Å². The molecule has 0 amide bonds. The van der Waals surface area contributed by atoms with Crippen molar-refractivity contribution in [1.82, 2.24) is 0 Å². The first-order valence-electron chi connectivity index (χ1n) is 14.4. The predicted molar refractivity (Wildman–Crippen MR) is 163 cm³/mol. The van der Waals surface area contributed by atoms with E-state index < -0.39 is 15.6 Å². The van der Waals surface area contributed by atoms with E-state index in [2.05, 4.69) is 4.72 Å². The Morgan fingerprint density at radius 2 is 1.63 bits per heavy atom. The van der Waals surface area contributed by atoms with Gasteiger partial charge in [-0.1, -0.05) is 49.2 Å². The van der Waals surface area contributed by atoms with Crippen LogP contribution in [-0.2, 0) is 22.9 Å². The number of rotatable bonds is 7. The van der Waals surface area contributed by atoms with E-state index in [0.29, 0.717) is 35.2 Å². The zero-order chi connectivity index (χ0) is 28.7. The highest BCUT2D eigenvalue weighted by Gasteiger charge is 2.38. The van der Waals surface area contributed by atoms with Crippen molar-refractivity contribution in [3.05, 3.63) is 93.5 Å². The molecule has 0 bridgehead atoms. The van der Waals surface area contributed by atoms with Gasteiger partial charge in [0.2, 0.25) is 0 Å². The lowest BCUT2D eigenvalue weighted by atomic mass is 9.85. The molecule has 1 heterocycles. The van der Waals surface area contributed by atoms with Gasteiger partial charge >= 0.3 is 5.63 Å². The van der Waals surface area contributed by atoms with Gasteiger partial charge in [-0.3, -0.25) is 4.72 Å². The van der Waals surface area contributed by atoms with Crippen LogP contribution in [0.25, 0.3) is 10.8 Å². The molecule has 4 aromatic rings. The minimum Gasteiger partial charge on any atom is -0.507 e. The monoisotopic (exact) mass is 572 g/mol. The molecule has 214 valence electrons. The number of hydrogen-bond donors (Lipinski definition) is 2. The summed E-state index contributed by atoms with van der Waals surface area (Å²) in [6.07, 6.45) is 7.29. The van der Waals surface area contributed by atoms with Crippen LogP contribution in [0.3, 0.4) is 0 Å². The van der Waals surface area contributed by atoms with E-state index in [-0.39, 0.29) is 22.5 Å². The van der Waals surface area contributed by atoms with Crippen molar-refractivity contribution in [2.45, 2.75) is 62.2 Å². The third-order valence-corrected chi connectivity index (χ3v) is 9.87. The van der Waals surface area contributed by atoms with Gasteiger partial charge in [-0.25, -0.2) is 13.2 Å². The molecule has 0 aliphatic heterocycles. The molecular formula is C33H36N2O5S. The summed E-state index contributed by atoms with van der Waals surface area (Å²) >= 11 is 0. The SMILES string of the molecule is CN(C)c1cccc2c(S(=O)(=O)Nc3cccc(C(c4c(O)c5c(oc4=O)CCCCCC5)C4CC4)c3)cccc12. The lowest BCUT2D eigenvalue weighted by Crippen LogP contribution is -2.19. The fourth-order valence-electron chi connectivity index (χ4n) is 6.29. The smallest absolute Gasteiger partial charge is 0.343 e. The molecule has 41 heavy (non-hydrogen) atoms. The molecule has 0 spiro atoms. The lowest BCUT2D eigenvalue weighted by Gasteiger charge is -2.22. The Hall–Kier alpha value is -3.78. The number of sulfonamides is 1. The zero-order valence-electron chi connectivity index (χ0n) is 23.5. The summed E-state index contributed by atoms with van der Waals surface area (Å²) in [5, 5.41) is 12.9. The molecule has 0 radical (unpaired) electrons. The van der Waals surface area contributed by atoms with Gasteiger partial charge in [0.05, 0.1) is 10.5 Å². The molecule has 8 heteroatoms. The Morgan fingerprint density at radius 1 is 0.927 bits per heavy atom. The van der Waals surface area contributed by atoms with Crippen molar-refractivity contribution in [3.63, 3.8) is 0 Å². The Balaban J connectivity index is 1.38. The van der Waals surface area contributed by atoms with Gasteiger partial charge in [0.25, 0.3) is 10.0 Å². The molecule has 2 aliphatic carbocycles. The van der Waals surface area contributed by atoms with Crippen molar-refractivity contribution in [2.75, 3.05) is 23.7 Å². The number of nitrogens with one attached hydrogen (secondary N) is 1. The second-order valence-corrected chi connectivity index (χ2v) is 13.2. The summed E-state index contributed by atoms with van der Waals surface area (Å²) in [7, 11) is -0.0673. The average molecular weight is 573 g/mol. The van der Waals surface area contributed by atoms with E-state index in [1.165, 1.54) is 0 Å². The second-order valence-electron chi connectivity index (χ2n) is 11.5. The molecule has 0 saturated heterocycles. The van der Waals surface area contributed by atoms with Gasteiger partial charge in [0.1, 0.15) is 11.5 Å². The summed E-state index contributed by atoms with van der Waals surface area (Å²) in [5.74, 6) is 0.490. The number of nitrogens with zero attached hydrogens (tertiary/aromatic N) is 1. The highest BCUT2D eigenvalue weighted by molar-refractivity contribution is 7.93. The molecule has 3 aromatic carbocycles. The van der Waals surface area contributed by atoms with Gasteiger partial charge in [0, 0.05) is 54.1 Å². The molecule has 1 unspecified atom stereocenters. The largest absolute Gasteiger partial charge is 0.507 e. The van der Waals surface area contributed by atoms with Crippen molar-refractivity contribution in [2.24, 2.45) is 5.92 Å². The Kier molecular flexibility index (Phi) is 7.28. The number of aryl methyl sites for hydroxylation is 1. The molecule has 7 nitrogen and oxygen atoms in total. The number of benzene rings is 3. The number of anilines is 2. The predicted octanol–water partition coefficient (Wildman–Crippen LogP) is 6.57. The summed E-state index contributed by atoms with van der Waals surface area (Å²) in [6.45, 7) is 0. The van der Waals surface area contributed by atoms with Crippen molar-refractivity contribution >= 4 is 32.2 Å². The van der Waals surface area contributed by atoms with Crippen molar-refractivity contribution < 1.29 is 17.9 Å². The van der Waals surface area contributed by atoms with E-state index in [1.54, 1.807) is 30.3 Å². The number of aromatic hydroxyl groups is 1. The Labute approximate surface area is 240 Å². The quantitative estimate of drug-likeness (QED) is 0.260. The molecule has 1 atom stereocenters. The van der Waals surface area contributed by atoms with Crippen LogP contribution in [0.2, 0.25) is 0 Å². The Morgan fingerprint density at radius 3 is 2.39 bits per heavy atom. The van der Waals surface area contributed by atoms with E-state index >= 15 is 0 Å². The van der Waals surface area contributed by atoms with E-state index in [9.17, 15) is 18.3 Å². The third-order valence-electron chi connectivity index (χ3n) is 8.43. The minimum absolute atomic E-state index is 0.0634. The first-order chi connectivity index (χ1) is 19.7. The van der Waals surface area contributed by atoms with Crippen LogP contribution < -0.4 is 15.2 Å². The first kappa shape index (κ1) is 27.4. The van der Waals surface area contributed by atoms with Crippen LogP contribution in [0, 0.1) is 5.92 Å². The number of fused-ring (bicyclic) bond motifs is 2.